The Morgan fingerprint density at radius 1 is 0.415 bits per heavy atom. The summed E-state index contributed by atoms with van der Waals surface area (Å²) >= 11 is 0. The third-order valence-electron chi connectivity index (χ3n) is 12.1. The molecule has 3 aliphatic carbocycles. The summed E-state index contributed by atoms with van der Waals surface area (Å²) in [5.74, 6) is 0. The second kappa shape index (κ2) is 10.9. The van der Waals surface area contributed by atoms with Crippen LogP contribution in [0.5, 0.6) is 0 Å². The fraction of sp³-hybridized carbons (Fsp3) is 0.0769. The van der Waals surface area contributed by atoms with E-state index in [-0.39, 0.29) is 5.41 Å². The van der Waals surface area contributed by atoms with E-state index in [1.807, 2.05) is 6.07 Å². The van der Waals surface area contributed by atoms with Crippen LogP contribution in [-0.4, -0.2) is 0 Å². The van der Waals surface area contributed by atoms with Crippen LogP contribution in [0.15, 0.2) is 176 Å². The van der Waals surface area contributed by atoms with Crippen LogP contribution in [0.1, 0.15) is 47.2 Å². The van der Waals surface area contributed by atoms with E-state index in [4.69, 9.17) is 0 Å². The topological polar surface area (TPSA) is 3.24 Å². The first kappa shape index (κ1) is 30.0. The molecule has 3 aliphatic rings. The van der Waals surface area contributed by atoms with Gasteiger partial charge in [0.25, 0.3) is 0 Å². The van der Waals surface area contributed by atoms with Crippen molar-refractivity contribution in [3.8, 4) is 44.5 Å². The second-order valence-corrected chi connectivity index (χ2v) is 15.1. The Balaban J connectivity index is 1.20. The van der Waals surface area contributed by atoms with Crippen molar-refractivity contribution in [1.82, 2.24) is 0 Å². The minimum atomic E-state index is -0.467. The van der Waals surface area contributed by atoms with Gasteiger partial charge in [-0.1, -0.05) is 159 Å². The second-order valence-electron chi connectivity index (χ2n) is 15.1. The molecular weight excluding hydrogens is 639 g/mol. The van der Waals surface area contributed by atoms with Gasteiger partial charge >= 0.3 is 0 Å². The highest BCUT2D eigenvalue weighted by atomic mass is 15.1. The van der Waals surface area contributed by atoms with Gasteiger partial charge < -0.3 is 4.90 Å². The minimum absolute atomic E-state index is 0.124. The molecule has 1 unspecified atom stereocenters. The maximum Gasteiger partial charge on any atom is 0.0733 e. The standard InChI is InChI=1S/C52H35N/c1-51(2)44-23-11-6-19-38(44)42-30-28-35(32-48(42)51)53(50-27-15-10-18-37(50)34-16-4-3-5-17-34)36-29-31-43-41-22-9-14-26-47(41)52(49(43)33-36)45-24-12-7-20-39(45)40-21-8-13-25-46(40)52/h3-7,9-20,22-33H,1-2H3. The van der Waals surface area contributed by atoms with E-state index in [1.165, 1.54) is 72.3 Å². The number of para-hydroxylation sites is 1. The van der Waals surface area contributed by atoms with E-state index < -0.39 is 5.41 Å². The van der Waals surface area contributed by atoms with Crippen molar-refractivity contribution >= 4 is 17.1 Å². The van der Waals surface area contributed by atoms with E-state index in [2.05, 4.69) is 201 Å². The Morgan fingerprint density at radius 3 is 1.68 bits per heavy atom. The average molecular weight is 674 g/mol. The first-order valence-corrected chi connectivity index (χ1v) is 18.5. The number of hydrogen-bond acceptors (Lipinski definition) is 1. The predicted octanol–water partition coefficient (Wildman–Crippen LogP) is 13.1. The lowest BCUT2D eigenvalue weighted by atomic mass is 9.70. The molecule has 0 saturated heterocycles. The Hall–Kier alpha value is -6.62. The highest BCUT2D eigenvalue weighted by Gasteiger charge is 2.52. The Labute approximate surface area is 311 Å². The van der Waals surface area contributed by atoms with Crippen molar-refractivity contribution in [2.24, 2.45) is 0 Å². The molecule has 0 fully saturated rings. The molecule has 1 nitrogen and oxygen atoms in total. The van der Waals surface area contributed by atoms with Crippen molar-refractivity contribution < 1.29 is 0 Å². The number of hydrogen-bond donors (Lipinski definition) is 0. The molecule has 11 rings (SSSR count). The van der Waals surface area contributed by atoms with Gasteiger partial charge in [0.15, 0.2) is 0 Å². The van der Waals surface area contributed by atoms with Gasteiger partial charge in [-0.2, -0.15) is 0 Å². The molecule has 8 aromatic rings. The van der Waals surface area contributed by atoms with Crippen molar-refractivity contribution in [2.75, 3.05) is 4.90 Å². The smallest absolute Gasteiger partial charge is 0.0733 e. The molecule has 0 aliphatic heterocycles. The predicted molar refractivity (Wildman–Crippen MR) is 218 cm³/mol. The number of anilines is 3. The van der Waals surface area contributed by atoms with Crippen molar-refractivity contribution in [1.29, 1.82) is 0 Å². The van der Waals surface area contributed by atoms with Gasteiger partial charge in [-0.3, -0.25) is 0 Å². The van der Waals surface area contributed by atoms with Crippen molar-refractivity contribution in [3.05, 3.63) is 221 Å². The molecule has 0 aromatic heterocycles. The molecule has 8 aromatic carbocycles. The Kier molecular flexibility index (Phi) is 6.20. The minimum Gasteiger partial charge on any atom is -0.310 e. The lowest BCUT2D eigenvalue weighted by Crippen LogP contribution is -2.26. The molecule has 0 radical (unpaired) electrons. The van der Waals surface area contributed by atoms with Crippen LogP contribution >= 0.6 is 0 Å². The van der Waals surface area contributed by atoms with E-state index in [9.17, 15) is 0 Å². The van der Waals surface area contributed by atoms with Crippen LogP contribution in [0.25, 0.3) is 44.5 Å². The summed E-state index contributed by atoms with van der Waals surface area (Å²) in [7, 11) is 0. The maximum absolute atomic E-state index is 3.54. The zero-order chi connectivity index (χ0) is 35.3. The van der Waals surface area contributed by atoms with Crippen LogP contribution < -0.4 is 4.90 Å². The van der Waals surface area contributed by atoms with E-state index in [0.29, 0.717) is 0 Å². The first-order chi connectivity index (χ1) is 26.1. The van der Waals surface area contributed by atoms with Crippen LogP contribution in [0.4, 0.5) is 17.1 Å². The highest BCUT2D eigenvalue weighted by Crippen LogP contribution is 2.63. The number of nitrogens with zero attached hydrogens (tertiary/aromatic N) is 1. The molecule has 0 amide bonds. The Morgan fingerprint density at radius 2 is 0.943 bits per heavy atom. The van der Waals surface area contributed by atoms with Gasteiger partial charge in [-0.15, -0.1) is 0 Å². The molecule has 53 heavy (non-hydrogen) atoms. The summed E-state index contributed by atoms with van der Waals surface area (Å²) in [5, 5.41) is 0. The molecule has 1 spiro atoms. The van der Waals surface area contributed by atoms with Crippen molar-refractivity contribution in [2.45, 2.75) is 24.7 Å². The van der Waals surface area contributed by atoms with Gasteiger partial charge in [0.05, 0.1) is 11.1 Å². The van der Waals surface area contributed by atoms with Crippen LogP contribution in [0.3, 0.4) is 0 Å². The van der Waals surface area contributed by atoms with Crippen molar-refractivity contribution in [3.63, 3.8) is 0 Å². The molecule has 0 heterocycles. The fourth-order valence-corrected chi connectivity index (χ4v) is 9.86. The summed E-state index contributed by atoms with van der Waals surface area (Å²) in [6.07, 6.45) is 0. The summed E-state index contributed by atoms with van der Waals surface area (Å²) < 4.78 is 0. The SMILES string of the molecule is CC1(C)c2ccccc2-c2ccc(N(c3ccc4c(c3)C3(c5ccc#cc5-c5ccccc53)c3ccccc3-4)c3ccccc3-c3ccccc3)cc21. The van der Waals surface area contributed by atoms with Gasteiger partial charge in [-0.05, 0) is 109 Å². The summed E-state index contributed by atoms with van der Waals surface area (Å²) in [6, 6.07) is 71.9. The molecule has 0 bridgehead atoms. The number of benzene rings is 7. The third-order valence-corrected chi connectivity index (χ3v) is 12.1. The molecular formula is C52H35N. The zero-order valence-corrected chi connectivity index (χ0v) is 29.7. The number of rotatable bonds is 4. The molecule has 1 heteroatoms. The van der Waals surface area contributed by atoms with Crippen LogP contribution in [-0.2, 0) is 10.8 Å². The summed E-state index contributed by atoms with van der Waals surface area (Å²) in [4.78, 5) is 2.49. The van der Waals surface area contributed by atoms with Gasteiger partial charge in [0, 0.05) is 27.9 Å². The molecule has 1 atom stereocenters. The van der Waals surface area contributed by atoms with Crippen LogP contribution in [0, 0.1) is 12.1 Å². The fourth-order valence-electron chi connectivity index (χ4n) is 9.86. The maximum atomic E-state index is 3.54. The normalized spacial score (nSPS) is 14.4. The first-order valence-electron chi connectivity index (χ1n) is 18.5. The lowest BCUT2D eigenvalue weighted by Gasteiger charge is -2.33. The monoisotopic (exact) mass is 673 g/mol. The zero-order valence-electron chi connectivity index (χ0n) is 29.7. The average Bonchev–Trinajstić information content (AvgIpc) is 3.77. The van der Waals surface area contributed by atoms with Gasteiger partial charge in [0.1, 0.15) is 0 Å². The summed E-state index contributed by atoms with van der Waals surface area (Å²) in [6.45, 7) is 4.73. The third kappa shape index (κ3) is 3.99. The Bertz CT molecular complexity index is 2710. The van der Waals surface area contributed by atoms with E-state index in [1.54, 1.807) is 0 Å². The van der Waals surface area contributed by atoms with E-state index >= 15 is 0 Å². The lowest BCUT2D eigenvalue weighted by molar-refractivity contribution is 0.660. The molecule has 0 N–H and O–H groups in total. The van der Waals surface area contributed by atoms with Gasteiger partial charge in [0.2, 0.25) is 0 Å². The summed E-state index contributed by atoms with van der Waals surface area (Å²) in [5.41, 5.74) is 20.8. The molecule has 248 valence electrons. The number of fused-ring (bicyclic) bond motifs is 13. The quantitative estimate of drug-likeness (QED) is 0.180. The largest absolute Gasteiger partial charge is 0.310 e. The molecule has 0 saturated carbocycles. The van der Waals surface area contributed by atoms with Crippen LogP contribution in [0.2, 0.25) is 0 Å². The van der Waals surface area contributed by atoms with Gasteiger partial charge in [-0.25, -0.2) is 0 Å². The van der Waals surface area contributed by atoms with E-state index in [0.717, 1.165) is 22.6 Å². The highest BCUT2D eigenvalue weighted by molar-refractivity contribution is 5.97.